The summed E-state index contributed by atoms with van der Waals surface area (Å²) < 4.78 is 0. The van der Waals surface area contributed by atoms with Gasteiger partial charge in [0.1, 0.15) is 6.04 Å². The van der Waals surface area contributed by atoms with Crippen LogP contribution < -0.4 is 5.32 Å². The molecule has 0 saturated carbocycles. The molecule has 3 rings (SSSR count). The normalized spacial score (nSPS) is 16.9. The molecule has 2 aromatic carbocycles. The van der Waals surface area contributed by atoms with E-state index in [-0.39, 0.29) is 17.9 Å². The Morgan fingerprint density at radius 2 is 1.69 bits per heavy atom. The Morgan fingerprint density at radius 3 is 2.28 bits per heavy atom. The molecule has 5 heteroatoms. The summed E-state index contributed by atoms with van der Waals surface area (Å²) in [6.07, 6.45) is 1.95. The van der Waals surface area contributed by atoms with Crippen molar-refractivity contribution in [3.05, 3.63) is 70.2 Å². The molecule has 1 heterocycles. The number of halogens is 1. The molecule has 1 aliphatic rings. The van der Waals surface area contributed by atoms with E-state index in [1.54, 1.807) is 17.0 Å². The molecule has 0 radical (unpaired) electrons. The lowest BCUT2D eigenvalue weighted by Crippen LogP contribution is -2.55. The first-order valence-corrected chi connectivity index (χ1v) is 10.2. The van der Waals surface area contributed by atoms with Crippen molar-refractivity contribution in [3.63, 3.8) is 0 Å². The van der Waals surface area contributed by atoms with Gasteiger partial charge in [0.2, 0.25) is 5.91 Å². The van der Waals surface area contributed by atoms with Gasteiger partial charge in [-0.15, -0.1) is 0 Å². The number of rotatable bonds is 3. The topological polar surface area (TPSA) is 49.4 Å². The van der Waals surface area contributed by atoms with E-state index in [1.807, 2.05) is 77.1 Å². The number of nitrogens with zero attached hydrogens (tertiary/aromatic N) is 1. The maximum Gasteiger partial charge on any atom is 0.255 e. The molecular formula is C24H27ClN2O2. The Balaban J connectivity index is 2.25. The first kappa shape index (κ1) is 21.1. The lowest BCUT2D eigenvalue weighted by molar-refractivity contribution is -0.125. The molecule has 1 N–H and O–H groups in total. The van der Waals surface area contributed by atoms with Crippen molar-refractivity contribution in [2.24, 2.45) is 0 Å². The van der Waals surface area contributed by atoms with E-state index in [0.29, 0.717) is 10.6 Å². The zero-order chi connectivity index (χ0) is 21.3. The van der Waals surface area contributed by atoms with Crippen LogP contribution >= 0.6 is 11.6 Å². The summed E-state index contributed by atoms with van der Waals surface area (Å²) in [7, 11) is 0. The average molecular weight is 411 g/mol. The molecule has 2 aromatic rings. The summed E-state index contributed by atoms with van der Waals surface area (Å²) in [5.74, 6) is -0.349. The maximum atomic E-state index is 13.5. The molecular weight excluding hydrogens is 384 g/mol. The van der Waals surface area contributed by atoms with Crippen LogP contribution in [0.2, 0.25) is 5.02 Å². The van der Waals surface area contributed by atoms with Gasteiger partial charge >= 0.3 is 0 Å². The highest BCUT2D eigenvalue weighted by atomic mass is 35.5. The van der Waals surface area contributed by atoms with E-state index < -0.39 is 11.6 Å². The van der Waals surface area contributed by atoms with E-state index in [0.717, 1.165) is 16.7 Å². The number of hydrogen-bond acceptors (Lipinski definition) is 2. The summed E-state index contributed by atoms with van der Waals surface area (Å²) in [6.45, 7) is 9.67. The second-order valence-electron chi connectivity index (χ2n) is 8.64. The molecule has 0 spiro atoms. The van der Waals surface area contributed by atoms with Crippen LogP contribution in [0, 0.1) is 0 Å². The van der Waals surface area contributed by atoms with Crippen molar-refractivity contribution >= 4 is 35.1 Å². The summed E-state index contributed by atoms with van der Waals surface area (Å²) in [5, 5.41) is 3.68. The monoisotopic (exact) mass is 410 g/mol. The van der Waals surface area contributed by atoms with Gasteiger partial charge in [0.05, 0.1) is 0 Å². The minimum Gasteiger partial charge on any atom is -0.349 e. The molecule has 0 fully saturated rings. The predicted molar refractivity (Wildman–Crippen MR) is 119 cm³/mol. The highest BCUT2D eigenvalue weighted by Crippen LogP contribution is 2.33. The largest absolute Gasteiger partial charge is 0.349 e. The quantitative estimate of drug-likeness (QED) is 0.771. The van der Waals surface area contributed by atoms with Crippen molar-refractivity contribution in [1.82, 2.24) is 10.2 Å². The molecule has 29 heavy (non-hydrogen) atoms. The standard InChI is InChI=1S/C24H27ClN2O2/c1-15(2)27-21(22(28)26-24(3,4)5)20(16-10-12-18(25)13-11-16)14-17-8-6-7-9-19(17)23(27)29/h6-15,21H,1-5H3,(H,26,28). The summed E-state index contributed by atoms with van der Waals surface area (Å²) in [4.78, 5) is 28.6. The zero-order valence-electron chi connectivity index (χ0n) is 17.5. The Labute approximate surface area is 177 Å². The first-order chi connectivity index (χ1) is 13.6. The molecule has 152 valence electrons. The Bertz CT molecular complexity index is 956. The van der Waals surface area contributed by atoms with Crippen molar-refractivity contribution in [2.75, 3.05) is 0 Å². The SMILES string of the molecule is CC(C)N1C(=O)c2ccccc2C=C(c2ccc(Cl)cc2)C1C(=O)NC(C)(C)C. The minimum atomic E-state index is -0.754. The molecule has 1 unspecified atom stereocenters. The molecule has 1 atom stereocenters. The van der Waals surface area contributed by atoms with E-state index in [2.05, 4.69) is 5.32 Å². The summed E-state index contributed by atoms with van der Waals surface area (Å²) >= 11 is 6.09. The van der Waals surface area contributed by atoms with E-state index in [1.165, 1.54) is 0 Å². The minimum absolute atomic E-state index is 0.148. The van der Waals surface area contributed by atoms with Gasteiger partial charge in [0.25, 0.3) is 5.91 Å². The molecule has 1 aliphatic heterocycles. The number of nitrogens with one attached hydrogen (secondary N) is 1. The number of benzene rings is 2. The van der Waals surface area contributed by atoms with Gasteiger partial charge in [-0.2, -0.15) is 0 Å². The van der Waals surface area contributed by atoms with Crippen molar-refractivity contribution in [3.8, 4) is 0 Å². The Morgan fingerprint density at radius 1 is 1.07 bits per heavy atom. The van der Waals surface area contributed by atoms with E-state index >= 15 is 0 Å². The first-order valence-electron chi connectivity index (χ1n) is 9.80. The molecule has 2 amide bonds. The second kappa shape index (κ2) is 8.03. The van der Waals surface area contributed by atoms with Gasteiger partial charge in [0.15, 0.2) is 0 Å². The number of hydrogen-bond donors (Lipinski definition) is 1. The average Bonchev–Trinajstić information content (AvgIpc) is 2.76. The van der Waals surface area contributed by atoms with Crippen molar-refractivity contribution < 1.29 is 9.59 Å². The highest BCUT2D eigenvalue weighted by Gasteiger charge is 2.39. The third kappa shape index (κ3) is 4.54. The van der Waals surface area contributed by atoms with Crippen molar-refractivity contribution in [2.45, 2.75) is 52.2 Å². The van der Waals surface area contributed by atoms with Gasteiger partial charge in [-0.25, -0.2) is 0 Å². The molecule has 0 bridgehead atoms. The Kier molecular flexibility index (Phi) is 5.85. The van der Waals surface area contributed by atoms with Crippen LogP contribution in [0.4, 0.5) is 0 Å². The fourth-order valence-corrected chi connectivity index (χ4v) is 3.72. The summed E-state index contributed by atoms with van der Waals surface area (Å²) in [6, 6.07) is 13.9. The van der Waals surface area contributed by atoms with Gasteiger partial charge < -0.3 is 10.2 Å². The fourth-order valence-electron chi connectivity index (χ4n) is 3.59. The number of carbonyl (C=O) groups is 2. The van der Waals surface area contributed by atoms with Gasteiger partial charge in [-0.05, 0) is 75.6 Å². The van der Waals surface area contributed by atoms with Gasteiger partial charge in [-0.3, -0.25) is 9.59 Å². The van der Waals surface area contributed by atoms with Crippen LogP contribution in [0.15, 0.2) is 48.5 Å². The van der Waals surface area contributed by atoms with Gasteiger partial charge in [-0.1, -0.05) is 41.9 Å². The number of fused-ring (bicyclic) bond motifs is 1. The third-order valence-corrected chi connectivity index (χ3v) is 5.04. The lowest BCUT2D eigenvalue weighted by Gasteiger charge is -2.36. The molecule has 0 saturated heterocycles. The second-order valence-corrected chi connectivity index (χ2v) is 9.08. The third-order valence-electron chi connectivity index (χ3n) is 4.79. The molecule has 4 nitrogen and oxygen atoms in total. The Hall–Kier alpha value is -2.59. The molecule has 0 aromatic heterocycles. The van der Waals surface area contributed by atoms with Crippen LogP contribution in [0.1, 0.15) is 56.1 Å². The predicted octanol–water partition coefficient (Wildman–Crippen LogP) is 5.03. The highest BCUT2D eigenvalue weighted by molar-refractivity contribution is 6.30. The number of carbonyl (C=O) groups excluding carboxylic acids is 2. The van der Waals surface area contributed by atoms with Crippen LogP contribution in [0.3, 0.4) is 0 Å². The van der Waals surface area contributed by atoms with Crippen LogP contribution in [-0.4, -0.2) is 34.3 Å². The van der Waals surface area contributed by atoms with Gasteiger partial charge in [0, 0.05) is 22.2 Å². The summed E-state index contributed by atoms with van der Waals surface area (Å²) in [5.41, 5.74) is 2.61. The fraction of sp³-hybridized carbons (Fsp3) is 0.333. The van der Waals surface area contributed by atoms with E-state index in [9.17, 15) is 9.59 Å². The van der Waals surface area contributed by atoms with Crippen LogP contribution in [-0.2, 0) is 4.79 Å². The van der Waals surface area contributed by atoms with Crippen molar-refractivity contribution in [1.29, 1.82) is 0 Å². The lowest BCUT2D eigenvalue weighted by atomic mass is 9.93. The zero-order valence-corrected chi connectivity index (χ0v) is 18.2. The van der Waals surface area contributed by atoms with E-state index in [4.69, 9.17) is 11.6 Å². The van der Waals surface area contributed by atoms with Crippen LogP contribution in [0.25, 0.3) is 11.6 Å². The van der Waals surface area contributed by atoms with Crippen LogP contribution in [0.5, 0.6) is 0 Å². The molecule has 0 aliphatic carbocycles. The maximum absolute atomic E-state index is 13.5. The smallest absolute Gasteiger partial charge is 0.255 e. The number of amides is 2.